The average molecular weight is 611 g/mol. The van der Waals surface area contributed by atoms with E-state index in [1.54, 1.807) is 60.7 Å². The zero-order valence-corrected chi connectivity index (χ0v) is 24.5. The van der Waals surface area contributed by atoms with Gasteiger partial charge >= 0.3 is 6.09 Å². The van der Waals surface area contributed by atoms with E-state index in [2.05, 4.69) is 20.8 Å². The lowest BCUT2D eigenvalue weighted by Gasteiger charge is -2.33. The van der Waals surface area contributed by atoms with Crippen molar-refractivity contribution in [3.8, 4) is 11.1 Å². The fourth-order valence-electron chi connectivity index (χ4n) is 4.07. The average Bonchev–Trinajstić information content (AvgIpc) is 3.46. The number of carbonyl (C=O) groups excluding carboxylic acids is 3. The van der Waals surface area contributed by atoms with Crippen LogP contribution in [-0.4, -0.2) is 57.8 Å². The van der Waals surface area contributed by atoms with Crippen LogP contribution in [0.5, 0.6) is 0 Å². The summed E-state index contributed by atoms with van der Waals surface area (Å²) < 4.78 is 29.0. The molecule has 1 heterocycles. The van der Waals surface area contributed by atoms with Gasteiger partial charge in [0.15, 0.2) is 5.69 Å². The van der Waals surface area contributed by atoms with E-state index in [9.17, 15) is 22.8 Å². The molecule has 3 aromatic rings. The Balaban J connectivity index is 1.89. The number of hydrogen-bond acceptors (Lipinski definition) is 8. The molecule has 0 fully saturated rings. The van der Waals surface area contributed by atoms with E-state index in [4.69, 9.17) is 22.5 Å². The number of alkyl carbamates (subject to hydrolysis) is 1. The summed E-state index contributed by atoms with van der Waals surface area (Å²) in [4.78, 5) is 43.6. The lowest BCUT2D eigenvalue weighted by molar-refractivity contribution is -0.130. The Labute approximate surface area is 247 Å². The second-order valence-corrected chi connectivity index (χ2v) is 12.7. The Bertz CT molecular complexity index is 1630. The molecule has 0 aliphatic rings. The summed E-state index contributed by atoms with van der Waals surface area (Å²) in [5.74, 6) is -1.91. The van der Waals surface area contributed by atoms with Crippen LogP contribution < -0.4 is 21.7 Å². The molecular formula is C28H30N6O6S2. The Hall–Kier alpha value is -4.74. The number of sulfone groups is 1. The highest BCUT2D eigenvalue weighted by molar-refractivity contribution is 7.90. The van der Waals surface area contributed by atoms with Crippen molar-refractivity contribution in [3.63, 3.8) is 0 Å². The standard InChI is InChI=1S/C28H30N6O6S2/c1-31-22-7-5-4-6-21(22)18-8-10-19(11-9-18)28(34-27(37)40-2,14-15-42(3,38)39)26(36)33-17-24(35)32-16-20-12-13-23(41-20)25(29)30/h4-13H,14-17H2,2-3H3,(H3,29,30)(H,32,35)(H,33,36)(H,34,37). The van der Waals surface area contributed by atoms with E-state index in [0.717, 1.165) is 18.2 Å². The number of benzene rings is 2. The number of nitrogens with one attached hydrogen (secondary N) is 4. The molecule has 3 amide bonds. The molecule has 2 aromatic carbocycles. The van der Waals surface area contributed by atoms with E-state index in [0.29, 0.717) is 21.7 Å². The number of ether oxygens (including phenoxy) is 1. The molecule has 6 N–H and O–H groups in total. The highest BCUT2D eigenvalue weighted by atomic mass is 32.2. The third-order valence-electron chi connectivity index (χ3n) is 6.25. The monoisotopic (exact) mass is 610 g/mol. The molecule has 0 aliphatic carbocycles. The number of rotatable bonds is 12. The number of nitrogen functional groups attached to an aromatic ring is 1. The maximum absolute atomic E-state index is 13.7. The fourth-order valence-corrected chi connectivity index (χ4v) is 5.56. The van der Waals surface area contributed by atoms with Crippen LogP contribution >= 0.6 is 11.3 Å². The summed E-state index contributed by atoms with van der Waals surface area (Å²) in [6, 6.07) is 16.8. The molecule has 220 valence electrons. The Morgan fingerprint density at radius 3 is 2.36 bits per heavy atom. The van der Waals surface area contributed by atoms with Crippen molar-refractivity contribution in [1.82, 2.24) is 16.0 Å². The van der Waals surface area contributed by atoms with E-state index in [1.165, 1.54) is 11.3 Å². The number of amidine groups is 1. The van der Waals surface area contributed by atoms with Gasteiger partial charge in [-0.05, 0) is 35.2 Å². The molecule has 0 saturated carbocycles. The van der Waals surface area contributed by atoms with Gasteiger partial charge in [0.1, 0.15) is 21.2 Å². The lowest BCUT2D eigenvalue weighted by Crippen LogP contribution is -2.58. The van der Waals surface area contributed by atoms with Crippen LogP contribution in [0.3, 0.4) is 0 Å². The van der Waals surface area contributed by atoms with Gasteiger partial charge in [-0.2, -0.15) is 0 Å². The van der Waals surface area contributed by atoms with Gasteiger partial charge in [-0.15, -0.1) is 11.3 Å². The van der Waals surface area contributed by atoms with Crippen molar-refractivity contribution in [2.75, 3.05) is 25.7 Å². The summed E-state index contributed by atoms with van der Waals surface area (Å²) in [6.07, 6.45) is -0.326. The first-order valence-electron chi connectivity index (χ1n) is 12.5. The van der Waals surface area contributed by atoms with Crippen LogP contribution in [0.1, 0.15) is 21.7 Å². The molecule has 42 heavy (non-hydrogen) atoms. The van der Waals surface area contributed by atoms with Gasteiger partial charge in [-0.1, -0.05) is 48.5 Å². The molecule has 0 saturated heterocycles. The summed E-state index contributed by atoms with van der Waals surface area (Å²) in [7, 11) is -2.48. The first-order valence-corrected chi connectivity index (χ1v) is 15.4. The predicted octanol–water partition coefficient (Wildman–Crippen LogP) is 2.67. The van der Waals surface area contributed by atoms with Crippen molar-refractivity contribution in [1.29, 1.82) is 5.41 Å². The van der Waals surface area contributed by atoms with Gasteiger partial charge in [-0.3, -0.25) is 15.0 Å². The molecule has 1 atom stereocenters. The smallest absolute Gasteiger partial charge is 0.407 e. The number of carbonyl (C=O) groups is 3. The topological polar surface area (TPSA) is 185 Å². The first kappa shape index (κ1) is 31.8. The minimum Gasteiger partial charge on any atom is -0.453 e. The van der Waals surface area contributed by atoms with Gasteiger partial charge < -0.3 is 26.4 Å². The van der Waals surface area contributed by atoms with Crippen molar-refractivity contribution < 1.29 is 27.5 Å². The third kappa shape index (κ3) is 8.15. The molecule has 3 rings (SSSR count). The number of nitrogens with zero attached hydrogens (tertiary/aromatic N) is 1. The van der Waals surface area contributed by atoms with Crippen molar-refractivity contribution in [3.05, 3.63) is 87.4 Å². The fraction of sp³-hybridized carbons (Fsp3) is 0.250. The minimum absolute atomic E-state index is 0.0861. The molecule has 14 heteroatoms. The van der Waals surface area contributed by atoms with Crippen LogP contribution in [0.25, 0.3) is 16.0 Å². The Kier molecular flexibility index (Phi) is 10.4. The summed E-state index contributed by atoms with van der Waals surface area (Å²) in [5, 5.41) is 15.1. The van der Waals surface area contributed by atoms with Crippen LogP contribution in [0, 0.1) is 12.0 Å². The second kappa shape index (κ2) is 13.7. The van der Waals surface area contributed by atoms with Crippen molar-refractivity contribution in [2.24, 2.45) is 5.73 Å². The van der Waals surface area contributed by atoms with E-state index in [1.807, 2.05) is 0 Å². The summed E-state index contributed by atoms with van der Waals surface area (Å²) in [5.41, 5.74) is 5.54. The van der Waals surface area contributed by atoms with E-state index >= 15 is 0 Å². The van der Waals surface area contributed by atoms with Crippen LogP contribution in [0.4, 0.5) is 10.5 Å². The maximum atomic E-state index is 13.7. The summed E-state index contributed by atoms with van der Waals surface area (Å²) in [6.45, 7) is 7.10. The number of thiophene rings is 1. The molecule has 0 radical (unpaired) electrons. The number of amides is 3. The molecule has 1 aromatic heterocycles. The number of hydrogen-bond donors (Lipinski definition) is 5. The molecular weight excluding hydrogens is 580 g/mol. The minimum atomic E-state index is -3.58. The zero-order chi connectivity index (χ0) is 30.9. The second-order valence-electron chi connectivity index (χ2n) is 9.25. The quantitative estimate of drug-likeness (QED) is 0.119. The molecule has 0 bridgehead atoms. The number of methoxy groups -OCH3 is 1. The Morgan fingerprint density at radius 2 is 1.76 bits per heavy atom. The lowest BCUT2D eigenvalue weighted by atomic mass is 9.85. The molecule has 1 unspecified atom stereocenters. The third-order valence-corrected chi connectivity index (χ3v) is 8.31. The highest BCUT2D eigenvalue weighted by Crippen LogP contribution is 2.33. The van der Waals surface area contributed by atoms with Crippen molar-refractivity contribution in [2.45, 2.75) is 18.5 Å². The molecule has 0 aliphatic heterocycles. The number of para-hydroxylation sites is 1. The Morgan fingerprint density at radius 1 is 1.07 bits per heavy atom. The van der Waals surface area contributed by atoms with E-state index < -0.39 is 45.6 Å². The zero-order valence-electron chi connectivity index (χ0n) is 22.9. The highest BCUT2D eigenvalue weighted by Gasteiger charge is 2.43. The van der Waals surface area contributed by atoms with Crippen LogP contribution in [0.2, 0.25) is 0 Å². The first-order chi connectivity index (χ1) is 19.9. The van der Waals surface area contributed by atoms with E-state index in [-0.39, 0.29) is 24.4 Å². The van der Waals surface area contributed by atoms with Crippen molar-refractivity contribution >= 4 is 50.6 Å². The number of nitrogens with two attached hydrogens (primary N) is 1. The van der Waals surface area contributed by atoms with Gasteiger partial charge in [0.05, 0.1) is 37.4 Å². The van der Waals surface area contributed by atoms with Gasteiger partial charge in [0.2, 0.25) is 5.91 Å². The molecule has 0 spiro atoms. The maximum Gasteiger partial charge on any atom is 0.407 e. The summed E-state index contributed by atoms with van der Waals surface area (Å²) >= 11 is 1.24. The van der Waals surface area contributed by atoms with Crippen LogP contribution in [-0.2, 0) is 36.2 Å². The predicted molar refractivity (Wildman–Crippen MR) is 160 cm³/mol. The molecule has 12 nitrogen and oxygen atoms in total. The van der Waals surface area contributed by atoms with Gasteiger partial charge in [0.25, 0.3) is 5.91 Å². The normalized spacial score (nSPS) is 12.3. The SMILES string of the molecule is [C-]#[N+]c1ccccc1-c1ccc(C(CCS(C)(=O)=O)(NC(=O)OC)C(=O)NCC(=O)NCc2ccc(C(=N)N)s2)cc1. The van der Waals surface area contributed by atoms with Gasteiger partial charge in [0, 0.05) is 11.1 Å². The van der Waals surface area contributed by atoms with Gasteiger partial charge in [-0.25, -0.2) is 18.1 Å². The van der Waals surface area contributed by atoms with Crippen LogP contribution in [0.15, 0.2) is 60.7 Å². The largest absolute Gasteiger partial charge is 0.453 e.